The van der Waals surface area contributed by atoms with Crippen molar-refractivity contribution in [1.29, 1.82) is 0 Å². The molecule has 2 aliphatic rings. The van der Waals surface area contributed by atoms with E-state index in [1.54, 1.807) is 17.4 Å². The number of ether oxygens (including phenoxy) is 2. The highest BCUT2D eigenvalue weighted by Crippen LogP contribution is 2.38. The minimum atomic E-state index is 0.0312. The summed E-state index contributed by atoms with van der Waals surface area (Å²) >= 11 is 1.68. The molecule has 2 aliphatic heterocycles. The molecule has 132 valence electrons. The number of hydrogen-bond donors (Lipinski definition) is 0. The standard InChI is InChI=1S/C20H18N2O3S/c23-20(13-7-8-16-17(12-13)25-11-10-24-16)22-9-3-5-15(22)19-21-14-4-1-2-6-18(14)26-19/h1-2,4,6-8,12,15H,3,5,9-11H2/t15-/m1/s1. The summed E-state index contributed by atoms with van der Waals surface area (Å²) in [6, 6.07) is 13.6. The van der Waals surface area contributed by atoms with E-state index in [0.29, 0.717) is 30.3 Å². The molecule has 2 aromatic carbocycles. The maximum absolute atomic E-state index is 13.1. The summed E-state index contributed by atoms with van der Waals surface area (Å²) in [4.78, 5) is 19.9. The lowest BCUT2D eigenvalue weighted by atomic mass is 10.1. The van der Waals surface area contributed by atoms with Crippen molar-refractivity contribution in [2.24, 2.45) is 0 Å². The van der Waals surface area contributed by atoms with E-state index in [1.165, 1.54) is 4.70 Å². The van der Waals surface area contributed by atoms with E-state index in [0.717, 1.165) is 29.9 Å². The van der Waals surface area contributed by atoms with E-state index in [9.17, 15) is 4.79 Å². The molecule has 6 heteroatoms. The number of carbonyl (C=O) groups is 1. The fraction of sp³-hybridized carbons (Fsp3) is 0.300. The van der Waals surface area contributed by atoms with Gasteiger partial charge >= 0.3 is 0 Å². The van der Waals surface area contributed by atoms with Crippen molar-refractivity contribution in [2.45, 2.75) is 18.9 Å². The number of likely N-dealkylation sites (tertiary alicyclic amines) is 1. The van der Waals surface area contributed by atoms with Crippen LogP contribution in [-0.2, 0) is 0 Å². The number of nitrogens with zero attached hydrogens (tertiary/aromatic N) is 2. The number of para-hydroxylation sites is 1. The Morgan fingerprint density at radius 1 is 1.12 bits per heavy atom. The number of thiazole rings is 1. The third kappa shape index (κ3) is 2.61. The molecule has 1 saturated heterocycles. The molecule has 3 aromatic rings. The van der Waals surface area contributed by atoms with Crippen LogP contribution in [0.25, 0.3) is 10.2 Å². The molecule has 0 N–H and O–H groups in total. The number of rotatable bonds is 2. The van der Waals surface area contributed by atoms with Gasteiger partial charge in [0.25, 0.3) is 5.91 Å². The van der Waals surface area contributed by atoms with E-state index < -0.39 is 0 Å². The predicted octanol–water partition coefficient (Wildman–Crippen LogP) is 4.04. The Morgan fingerprint density at radius 2 is 1.96 bits per heavy atom. The number of carbonyl (C=O) groups excluding carboxylic acids is 1. The monoisotopic (exact) mass is 366 g/mol. The average molecular weight is 366 g/mol. The van der Waals surface area contributed by atoms with Crippen LogP contribution >= 0.6 is 11.3 Å². The minimum absolute atomic E-state index is 0.0312. The van der Waals surface area contributed by atoms with E-state index in [2.05, 4.69) is 6.07 Å². The van der Waals surface area contributed by atoms with E-state index >= 15 is 0 Å². The molecule has 1 amide bonds. The normalized spacial score (nSPS) is 19.1. The fourth-order valence-electron chi connectivity index (χ4n) is 3.64. The summed E-state index contributed by atoms with van der Waals surface area (Å²) < 4.78 is 12.3. The zero-order valence-electron chi connectivity index (χ0n) is 14.2. The van der Waals surface area contributed by atoms with E-state index in [1.807, 2.05) is 35.2 Å². The first kappa shape index (κ1) is 15.6. The van der Waals surface area contributed by atoms with Gasteiger partial charge in [0.1, 0.15) is 18.2 Å². The fourth-order valence-corrected chi connectivity index (χ4v) is 4.76. The van der Waals surface area contributed by atoms with Gasteiger partial charge in [0, 0.05) is 12.1 Å². The first-order valence-corrected chi connectivity index (χ1v) is 9.67. The Kier molecular flexibility index (Phi) is 3.78. The second-order valence-corrected chi connectivity index (χ2v) is 7.60. The Labute approximate surface area is 155 Å². The number of hydrogen-bond acceptors (Lipinski definition) is 5. The van der Waals surface area contributed by atoms with Gasteiger partial charge in [-0.25, -0.2) is 4.98 Å². The molecule has 3 heterocycles. The van der Waals surface area contributed by atoms with Gasteiger partial charge in [-0.15, -0.1) is 11.3 Å². The lowest BCUT2D eigenvalue weighted by molar-refractivity contribution is 0.0734. The third-order valence-electron chi connectivity index (χ3n) is 4.90. The van der Waals surface area contributed by atoms with Crippen LogP contribution in [0.4, 0.5) is 0 Å². The molecule has 0 spiro atoms. The van der Waals surface area contributed by atoms with Gasteiger partial charge in [0.2, 0.25) is 0 Å². The van der Waals surface area contributed by atoms with Crippen LogP contribution in [0.2, 0.25) is 0 Å². The molecular formula is C20H18N2O3S. The number of amides is 1. The van der Waals surface area contributed by atoms with Crippen LogP contribution in [0, 0.1) is 0 Å². The highest BCUT2D eigenvalue weighted by Gasteiger charge is 2.33. The number of fused-ring (bicyclic) bond motifs is 2. The van der Waals surface area contributed by atoms with Crippen LogP contribution in [0.5, 0.6) is 11.5 Å². The highest BCUT2D eigenvalue weighted by atomic mass is 32.1. The van der Waals surface area contributed by atoms with Crippen LogP contribution < -0.4 is 9.47 Å². The van der Waals surface area contributed by atoms with E-state index in [-0.39, 0.29) is 11.9 Å². The first-order chi connectivity index (χ1) is 12.8. The van der Waals surface area contributed by atoms with Gasteiger partial charge in [-0.2, -0.15) is 0 Å². The topological polar surface area (TPSA) is 51.7 Å². The molecule has 0 radical (unpaired) electrons. The maximum atomic E-state index is 13.1. The van der Waals surface area contributed by atoms with Crippen molar-refractivity contribution in [3.63, 3.8) is 0 Å². The van der Waals surface area contributed by atoms with Crippen molar-refractivity contribution in [1.82, 2.24) is 9.88 Å². The van der Waals surface area contributed by atoms with Gasteiger partial charge in [-0.1, -0.05) is 12.1 Å². The van der Waals surface area contributed by atoms with Crippen LogP contribution in [0.1, 0.15) is 34.2 Å². The van der Waals surface area contributed by atoms with Crippen LogP contribution in [0.3, 0.4) is 0 Å². The zero-order chi connectivity index (χ0) is 17.5. The smallest absolute Gasteiger partial charge is 0.254 e. The molecule has 0 aliphatic carbocycles. The molecule has 0 saturated carbocycles. The van der Waals surface area contributed by atoms with Crippen molar-refractivity contribution >= 4 is 27.5 Å². The van der Waals surface area contributed by atoms with Crippen LogP contribution in [-0.4, -0.2) is 35.5 Å². The van der Waals surface area contributed by atoms with Gasteiger partial charge < -0.3 is 14.4 Å². The second-order valence-electron chi connectivity index (χ2n) is 6.53. The molecule has 0 unspecified atom stereocenters. The molecular weight excluding hydrogens is 348 g/mol. The van der Waals surface area contributed by atoms with Crippen LogP contribution in [0.15, 0.2) is 42.5 Å². The van der Waals surface area contributed by atoms with Gasteiger partial charge in [-0.05, 0) is 43.2 Å². The Balaban J connectivity index is 1.45. The minimum Gasteiger partial charge on any atom is -0.486 e. The second kappa shape index (κ2) is 6.29. The quantitative estimate of drug-likeness (QED) is 0.687. The lowest BCUT2D eigenvalue weighted by Crippen LogP contribution is -2.30. The third-order valence-corrected chi connectivity index (χ3v) is 6.04. The summed E-state index contributed by atoms with van der Waals surface area (Å²) in [5.74, 6) is 1.39. The predicted molar refractivity (Wildman–Crippen MR) is 100 cm³/mol. The Hall–Kier alpha value is -2.60. The molecule has 0 bridgehead atoms. The number of aromatic nitrogens is 1. The lowest BCUT2D eigenvalue weighted by Gasteiger charge is -2.24. The Morgan fingerprint density at radius 3 is 2.85 bits per heavy atom. The maximum Gasteiger partial charge on any atom is 0.254 e. The van der Waals surface area contributed by atoms with Gasteiger partial charge in [0.05, 0.1) is 16.3 Å². The summed E-state index contributed by atoms with van der Waals surface area (Å²) in [7, 11) is 0. The largest absolute Gasteiger partial charge is 0.486 e. The SMILES string of the molecule is O=C(c1ccc2c(c1)OCCO2)N1CCC[C@@H]1c1nc2ccccc2s1. The molecule has 1 fully saturated rings. The Bertz CT molecular complexity index is 951. The van der Waals surface area contributed by atoms with Crippen molar-refractivity contribution in [2.75, 3.05) is 19.8 Å². The van der Waals surface area contributed by atoms with Gasteiger partial charge in [-0.3, -0.25) is 4.79 Å². The summed E-state index contributed by atoms with van der Waals surface area (Å²) in [6.45, 7) is 1.82. The molecule has 5 nitrogen and oxygen atoms in total. The zero-order valence-corrected chi connectivity index (χ0v) is 15.0. The van der Waals surface area contributed by atoms with Crippen molar-refractivity contribution < 1.29 is 14.3 Å². The molecule has 5 rings (SSSR count). The summed E-state index contributed by atoms with van der Waals surface area (Å²) in [5.41, 5.74) is 1.65. The van der Waals surface area contributed by atoms with Crippen molar-refractivity contribution in [3.8, 4) is 11.5 Å². The highest BCUT2D eigenvalue weighted by molar-refractivity contribution is 7.18. The van der Waals surface area contributed by atoms with Crippen molar-refractivity contribution in [3.05, 3.63) is 53.0 Å². The molecule has 1 aromatic heterocycles. The number of benzene rings is 2. The van der Waals surface area contributed by atoms with Gasteiger partial charge in [0.15, 0.2) is 11.5 Å². The average Bonchev–Trinajstić information content (AvgIpc) is 3.33. The summed E-state index contributed by atoms with van der Waals surface area (Å²) in [5, 5.41) is 1.02. The summed E-state index contributed by atoms with van der Waals surface area (Å²) in [6.07, 6.45) is 1.95. The molecule has 1 atom stereocenters. The van der Waals surface area contributed by atoms with E-state index in [4.69, 9.17) is 14.5 Å². The first-order valence-electron chi connectivity index (χ1n) is 8.86. The molecule has 26 heavy (non-hydrogen) atoms.